The van der Waals surface area contributed by atoms with Crippen molar-refractivity contribution in [2.75, 3.05) is 0 Å². The molecular formula is C17H34. The van der Waals surface area contributed by atoms with Gasteiger partial charge in [0, 0.05) is 0 Å². The molecule has 0 nitrogen and oxygen atoms in total. The van der Waals surface area contributed by atoms with Gasteiger partial charge in [-0.2, -0.15) is 0 Å². The molecule has 0 bridgehead atoms. The van der Waals surface area contributed by atoms with E-state index in [1.54, 1.807) is 0 Å². The van der Waals surface area contributed by atoms with Crippen LogP contribution >= 0.6 is 0 Å². The molecule has 0 N–H and O–H groups in total. The minimum absolute atomic E-state index is 0.718. The van der Waals surface area contributed by atoms with Crippen molar-refractivity contribution in [3.8, 4) is 0 Å². The van der Waals surface area contributed by atoms with E-state index in [2.05, 4.69) is 20.8 Å². The van der Waals surface area contributed by atoms with E-state index in [0.717, 1.165) is 11.3 Å². The van der Waals surface area contributed by atoms with Crippen molar-refractivity contribution in [1.29, 1.82) is 0 Å². The lowest BCUT2D eigenvalue weighted by Crippen LogP contribution is -2.19. The minimum Gasteiger partial charge on any atom is -0.0628 e. The Hall–Kier alpha value is 0. The number of rotatable bonds is 8. The summed E-state index contributed by atoms with van der Waals surface area (Å²) in [5.41, 5.74) is 0.718. The van der Waals surface area contributed by atoms with Gasteiger partial charge < -0.3 is 0 Å². The predicted octanol–water partition coefficient (Wildman–Crippen LogP) is 6.34. The number of unbranched alkanes of at least 4 members (excludes halogenated alkanes) is 4. The lowest BCUT2D eigenvalue weighted by atomic mass is 9.72. The van der Waals surface area contributed by atoms with Crippen LogP contribution in [0.25, 0.3) is 0 Å². The highest BCUT2D eigenvalue weighted by atomic mass is 14.3. The van der Waals surface area contributed by atoms with E-state index >= 15 is 0 Å². The summed E-state index contributed by atoms with van der Waals surface area (Å²) >= 11 is 0. The Morgan fingerprint density at radius 1 is 0.824 bits per heavy atom. The molecule has 0 saturated heterocycles. The first-order chi connectivity index (χ1) is 8.12. The second-order valence-corrected chi connectivity index (χ2v) is 7.07. The fourth-order valence-corrected chi connectivity index (χ4v) is 3.29. The van der Waals surface area contributed by atoms with Gasteiger partial charge in [-0.25, -0.2) is 0 Å². The van der Waals surface area contributed by atoms with Crippen LogP contribution in [0.1, 0.15) is 97.8 Å². The average molecular weight is 238 g/mol. The Balaban J connectivity index is 1.93. The molecule has 102 valence electrons. The summed E-state index contributed by atoms with van der Waals surface area (Å²) in [6.45, 7) is 7.21. The zero-order valence-corrected chi connectivity index (χ0v) is 12.6. The summed E-state index contributed by atoms with van der Waals surface area (Å²) in [5, 5.41) is 0. The van der Waals surface area contributed by atoms with Crippen molar-refractivity contribution in [1.82, 2.24) is 0 Å². The van der Waals surface area contributed by atoms with Crippen molar-refractivity contribution >= 4 is 0 Å². The molecule has 17 heavy (non-hydrogen) atoms. The molecule has 0 heterocycles. The highest BCUT2D eigenvalue weighted by molar-refractivity contribution is 4.78. The van der Waals surface area contributed by atoms with Gasteiger partial charge in [-0.3, -0.25) is 0 Å². The summed E-state index contributed by atoms with van der Waals surface area (Å²) in [7, 11) is 0. The van der Waals surface area contributed by atoms with Gasteiger partial charge in [0.15, 0.2) is 0 Å². The molecule has 0 aliphatic heterocycles. The highest BCUT2D eigenvalue weighted by Crippen LogP contribution is 2.39. The number of hydrogen-bond acceptors (Lipinski definition) is 0. The first kappa shape index (κ1) is 15.1. The fourth-order valence-electron chi connectivity index (χ4n) is 3.29. The summed E-state index contributed by atoms with van der Waals surface area (Å²) in [5.74, 6) is 0.899. The molecule has 0 radical (unpaired) electrons. The molecule has 0 aromatic heterocycles. The molecule has 0 aromatic carbocycles. The Bertz CT molecular complexity index is 174. The molecule has 0 heteroatoms. The van der Waals surface area contributed by atoms with E-state index in [1.807, 2.05) is 0 Å². The average Bonchev–Trinajstić information content (AvgIpc) is 2.28. The summed E-state index contributed by atoms with van der Waals surface area (Å²) < 4.78 is 0. The van der Waals surface area contributed by atoms with Gasteiger partial charge >= 0.3 is 0 Å². The Morgan fingerprint density at radius 2 is 1.41 bits per heavy atom. The maximum absolute atomic E-state index is 2.53. The molecule has 1 rings (SSSR count). The van der Waals surface area contributed by atoms with Crippen molar-refractivity contribution in [2.24, 2.45) is 11.3 Å². The van der Waals surface area contributed by atoms with E-state index in [0.29, 0.717) is 0 Å². The maximum atomic E-state index is 2.53. The molecule has 0 aromatic rings. The SMILES string of the molecule is CC(C)CCCCCCCC1(C)CCCCC1. The van der Waals surface area contributed by atoms with Crippen molar-refractivity contribution < 1.29 is 0 Å². The Kier molecular flexibility index (Phi) is 7.23. The summed E-state index contributed by atoms with van der Waals surface area (Å²) in [4.78, 5) is 0. The monoisotopic (exact) mass is 238 g/mol. The predicted molar refractivity (Wildman–Crippen MR) is 78.3 cm³/mol. The van der Waals surface area contributed by atoms with Crippen LogP contribution in [-0.2, 0) is 0 Å². The van der Waals surface area contributed by atoms with E-state index in [4.69, 9.17) is 0 Å². The van der Waals surface area contributed by atoms with E-state index in [-0.39, 0.29) is 0 Å². The van der Waals surface area contributed by atoms with Gasteiger partial charge in [0.1, 0.15) is 0 Å². The molecular weight excluding hydrogens is 204 g/mol. The van der Waals surface area contributed by atoms with Crippen LogP contribution in [0.15, 0.2) is 0 Å². The zero-order valence-electron chi connectivity index (χ0n) is 12.6. The molecule has 1 aliphatic rings. The third-order valence-corrected chi connectivity index (χ3v) is 4.62. The van der Waals surface area contributed by atoms with E-state index < -0.39 is 0 Å². The first-order valence-electron chi connectivity index (χ1n) is 8.12. The van der Waals surface area contributed by atoms with Gasteiger partial charge in [-0.05, 0) is 30.6 Å². The van der Waals surface area contributed by atoms with Crippen molar-refractivity contribution in [2.45, 2.75) is 97.8 Å². The molecule has 1 fully saturated rings. The second kappa shape index (κ2) is 8.16. The van der Waals surface area contributed by atoms with Crippen LogP contribution in [0, 0.1) is 11.3 Å². The van der Waals surface area contributed by atoms with Gasteiger partial charge in [-0.1, -0.05) is 78.6 Å². The van der Waals surface area contributed by atoms with Gasteiger partial charge in [-0.15, -0.1) is 0 Å². The van der Waals surface area contributed by atoms with Crippen LogP contribution in [0.3, 0.4) is 0 Å². The Morgan fingerprint density at radius 3 is 2.06 bits per heavy atom. The summed E-state index contributed by atoms with van der Waals surface area (Å²) in [6.07, 6.45) is 17.8. The molecule has 0 spiro atoms. The van der Waals surface area contributed by atoms with Crippen LogP contribution < -0.4 is 0 Å². The highest BCUT2D eigenvalue weighted by Gasteiger charge is 2.25. The minimum atomic E-state index is 0.718. The lowest BCUT2D eigenvalue weighted by molar-refractivity contribution is 0.192. The molecule has 0 unspecified atom stereocenters. The largest absolute Gasteiger partial charge is 0.0628 e. The van der Waals surface area contributed by atoms with Crippen LogP contribution in [0.5, 0.6) is 0 Å². The smallest absolute Gasteiger partial charge is 0.0326 e. The lowest BCUT2D eigenvalue weighted by Gasteiger charge is -2.33. The third kappa shape index (κ3) is 7.11. The van der Waals surface area contributed by atoms with Crippen molar-refractivity contribution in [3.05, 3.63) is 0 Å². The zero-order chi connectivity index (χ0) is 12.6. The number of hydrogen-bond donors (Lipinski definition) is 0. The quantitative estimate of drug-likeness (QED) is 0.433. The maximum Gasteiger partial charge on any atom is -0.0326 e. The van der Waals surface area contributed by atoms with Crippen molar-refractivity contribution in [3.63, 3.8) is 0 Å². The van der Waals surface area contributed by atoms with Crippen LogP contribution in [0.4, 0.5) is 0 Å². The third-order valence-electron chi connectivity index (χ3n) is 4.62. The van der Waals surface area contributed by atoms with Crippen LogP contribution in [0.2, 0.25) is 0 Å². The molecule has 1 saturated carbocycles. The van der Waals surface area contributed by atoms with Crippen LogP contribution in [-0.4, -0.2) is 0 Å². The van der Waals surface area contributed by atoms with Gasteiger partial charge in [0.25, 0.3) is 0 Å². The van der Waals surface area contributed by atoms with E-state index in [9.17, 15) is 0 Å². The normalized spacial score (nSPS) is 19.8. The second-order valence-electron chi connectivity index (χ2n) is 7.07. The standard InChI is InChI=1S/C17H34/c1-16(2)12-8-5-4-6-9-13-17(3)14-10-7-11-15-17/h16H,4-15H2,1-3H3. The molecule has 1 aliphatic carbocycles. The van der Waals surface area contributed by atoms with Gasteiger partial charge in [0.2, 0.25) is 0 Å². The topological polar surface area (TPSA) is 0 Å². The van der Waals surface area contributed by atoms with E-state index in [1.165, 1.54) is 77.0 Å². The fraction of sp³-hybridized carbons (Fsp3) is 1.00. The Labute approximate surface area is 110 Å². The summed E-state index contributed by atoms with van der Waals surface area (Å²) in [6, 6.07) is 0. The first-order valence-corrected chi connectivity index (χ1v) is 8.12. The molecule has 0 amide bonds. The van der Waals surface area contributed by atoms with Gasteiger partial charge in [0.05, 0.1) is 0 Å². The molecule has 0 atom stereocenters.